The molecule has 2 aliphatic rings. The van der Waals surface area contributed by atoms with Gasteiger partial charge in [-0.25, -0.2) is 0 Å². The van der Waals surface area contributed by atoms with Gasteiger partial charge in [0.1, 0.15) is 18.0 Å². The van der Waals surface area contributed by atoms with E-state index in [0.29, 0.717) is 11.9 Å². The zero-order valence-electron chi connectivity index (χ0n) is 17.5. The number of nitrogens with zero attached hydrogens (tertiary/aromatic N) is 5. The Bertz CT molecular complexity index is 730. The topological polar surface area (TPSA) is 69.3 Å². The number of anilines is 1. The van der Waals surface area contributed by atoms with E-state index in [9.17, 15) is 10.5 Å². The molecule has 1 N–H and O–H groups in total. The van der Waals surface area contributed by atoms with Crippen molar-refractivity contribution in [3.63, 3.8) is 0 Å². The molecule has 0 aromatic heterocycles. The van der Waals surface area contributed by atoms with Gasteiger partial charge in [0.2, 0.25) is 0 Å². The summed E-state index contributed by atoms with van der Waals surface area (Å²) in [7, 11) is 2.15. The molecule has 0 aliphatic carbocycles. The molecule has 2 aliphatic heterocycles. The number of nitriles is 2. The molecule has 0 spiro atoms. The molecule has 0 unspecified atom stereocenters. The maximum atomic E-state index is 9.45. The van der Waals surface area contributed by atoms with Gasteiger partial charge in [0, 0.05) is 45.0 Å². The molecule has 2 fully saturated rings. The predicted molar refractivity (Wildman–Crippen MR) is 116 cm³/mol. The summed E-state index contributed by atoms with van der Waals surface area (Å²) in [6.45, 7) is 5.73. The molecule has 2 saturated heterocycles. The van der Waals surface area contributed by atoms with E-state index >= 15 is 0 Å². The number of hydrogen-bond acceptors (Lipinski definition) is 6. The molecule has 29 heavy (non-hydrogen) atoms. The highest BCUT2D eigenvalue weighted by Crippen LogP contribution is 2.24. The summed E-state index contributed by atoms with van der Waals surface area (Å²) >= 11 is 0. The van der Waals surface area contributed by atoms with E-state index in [2.05, 4.69) is 63.5 Å². The van der Waals surface area contributed by atoms with Crippen molar-refractivity contribution in [2.45, 2.75) is 38.1 Å². The molecule has 154 valence electrons. The maximum absolute atomic E-state index is 9.45. The van der Waals surface area contributed by atoms with Gasteiger partial charge in [-0.15, -0.1) is 0 Å². The second kappa shape index (κ2) is 10.7. The average Bonchev–Trinajstić information content (AvgIpc) is 2.80. The molecular weight excluding hydrogens is 360 g/mol. The fraction of sp³-hybridized carbons (Fsp3) is 0.565. The lowest BCUT2D eigenvalue weighted by Gasteiger charge is -2.40. The van der Waals surface area contributed by atoms with Crippen LogP contribution in [0.3, 0.4) is 0 Å². The lowest BCUT2D eigenvalue weighted by molar-refractivity contribution is 0.217. The third-order valence-corrected chi connectivity index (χ3v) is 6.12. The first-order valence-electron chi connectivity index (χ1n) is 10.8. The van der Waals surface area contributed by atoms with Crippen molar-refractivity contribution in [2.24, 2.45) is 0 Å². The number of hydrogen-bond donors (Lipinski definition) is 1. The molecule has 0 atom stereocenters. The van der Waals surface area contributed by atoms with Crippen LogP contribution in [0.15, 0.2) is 41.7 Å². The van der Waals surface area contributed by atoms with Crippen LogP contribution in [-0.2, 0) is 0 Å². The lowest BCUT2D eigenvalue weighted by atomic mass is 10.0. The van der Waals surface area contributed by atoms with Gasteiger partial charge < -0.3 is 20.0 Å². The lowest BCUT2D eigenvalue weighted by Crippen LogP contribution is -2.46. The van der Waals surface area contributed by atoms with Crippen molar-refractivity contribution in [1.82, 2.24) is 15.1 Å². The van der Waals surface area contributed by atoms with E-state index in [0.717, 1.165) is 52.1 Å². The number of rotatable bonds is 7. The second-order valence-corrected chi connectivity index (χ2v) is 7.94. The van der Waals surface area contributed by atoms with Crippen LogP contribution >= 0.6 is 0 Å². The number of nitrogens with one attached hydrogen (secondary N) is 1. The molecule has 0 radical (unpaired) electrons. The van der Waals surface area contributed by atoms with Crippen LogP contribution in [-0.4, -0.2) is 62.2 Å². The highest BCUT2D eigenvalue weighted by atomic mass is 15.3. The monoisotopic (exact) mass is 392 g/mol. The normalized spacial score (nSPS) is 17.8. The number of likely N-dealkylation sites (tertiary alicyclic amines) is 2. The molecule has 3 rings (SSSR count). The van der Waals surface area contributed by atoms with Gasteiger partial charge in [-0.2, -0.15) is 10.5 Å². The standard InChI is InChI=1S/C23H32N6/c1-27(21-8-4-2-5-9-21)22-10-15-29(16-11-22)23(20(18-24)19-25)26-12-17-28-13-6-3-7-14-28/h2,4-5,8-9,22,26H,3,6-7,10-17H2,1H3. The molecular formula is C23H32N6. The van der Waals surface area contributed by atoms with Gasteiger partial charge in [0.15, 0.2) is 5.57 Å². The summed E-state index contributed by atoms with van der Waals surface area (Å²) < 4.78 is 0. The van der Waals surface area contributed by atoms with Crippen LogP contribution in [0.5, 0.6) is 0 Å². The van der Waals surface area contributed by atoms with Gasteiger partial charge in [-0.3, -0.25) is 0 Å². The van der Waals surface area contributed by atoms with Crippen LogP contribution in [0.2, 0.25) is 0 Å². The van der Waals surface area contributed by atoms with E-state index in [1.165, 1.54) is 24.9 Å². The number of benzene rings is 1. The summed E-state index contributed by atoms with van der Waals surface area (Å²) in [5, 5.41) is 22.3. The van der Waals surface area contributed by atoms with Crippen LogP contribution < -0.4 is 10.2 Å². The minimum atomic E-state index is 0.193. The SMILES string of the molecule is CN(c1ccccc1)C1CCN(C(NCCN2CCCCC2)=C(C#N)C#N)CC1. The summed E-state index contributed by atoms with van der Waals surface area (Å²) in [5.74, 6) is 0.716. The van der Waals surface area contributed by atoms with E-state index in [1.807, 2.05) is 6.07 Å². The maximum Gasteiger partial charge on any atom is 0.169 e. The molecule has 6 heteroatoms. The Labute approximate surface area is 175 Å². The first kappa shape index (κ1) is 21.0. The first-order chi connectivity index (χ1) is 14.2. The summed E-state index contributed by atoms with van der Waals surface area (Å²) in [4.78, 5) is 7.00. The summed E-state index contributed by atoms with van der Waals surface area (Å²) in [6.07, 6.45) is 5.88. The Morgan fingerprint density at radius 2 is 1.69 bits per heavy atom. The third-order valence-electron chi connectivity index (χ3n) is 6.12. The molecule has 0 bridgehead atoms. The zero-order valence-corrected chi connectivity index (χ0v) is 17.5. The average molecular weight is 393 g/mol. The minimum absolute atomic E-state index is 0.193. The van der Waals surface area contributed by atoms with Crippen molar-refractivity contribution < 1.29 is 0 Å². The largest absolute Gasteiger partial charge is 0.371 e. The Morgan fingerprint density at radius 1 is 1.03 bits per heavy atom. The van der Waals surface area contributed by atoms with Crippen molar-refractivity contribution in [2.75, 3.05) is 51.2 Å². The van der Waals surface area contributed by atoms with Gasteiger partial charge in [-0.05, 0) is 50.9 Å². The molecule has 2 heterocycles. The molecule has 1 aromatic carbocycles. The Hall–Kier alpha value is -2.70. The van der Waals surface area contributed by atoms with Crippen molar-refractivity contribution in [3.8, 4) is 12.1 Å². The number of piperidine rings is 2. The molecule has 6 nitrogen and oxygen atoms in total. The second-order valence-electron chi connectivity index (χ2n) is 7.94. The van der Waals surface area contributed by atoms with E-state index in [1.54, 1.807) is 0 Å². The van der Waals surface area contributed by atoms with E-state index in [-0.39, 0.29) is 5.57 Å². The van der Waals surface area contributed by atoms with Crippen LogP contribution in [0, 0.1) is 22.7 Å². The highest BCUT2D eigenvalue weighted by Gasteiger charge is 2.25. The highest BCUT2D eigenvalue weighted by molar-refractivity contribution is 5.46. The summed E-state index contributed by atoms with van der Waals surface area (Å²) in [5.41, 5.74) is 1.43. The predicted octanol–water partition coefficient (Wildman–Crippen LogP) is 2.92. The van der Waals surface area contributed by atoms with Gasteiger partial charge >= 0.3 is 0 Å². The molecule has 1 aromatic rings. The van der Waals surface area contributed by atoms with Crippen molar-refractivity contribution in [3.05, 3.63) is 41.7 Å². The first-order valence-corrected chi connectivity index (χ1v) is 10.8. The van der Waals surface area contributed by atoms with Gasteiger partial charge in [0.25, 0.3) is 0 Å². The van der Waals surface area contributed by atoms with Crippen molar-refractivity contribution in [1.29, 1.82) is 10.5 Å². The fourth-order valence-corrected chi connectivity index (χ4v) is 4.36. The Morgan fingerprint density at radius 3 is 2.31 bits per heavy atom. The van der Waals surface area contributed by atoms with Gasteiger partial charge in [-0.1, -0.05) is 24.6 Å². The van der Waals surface area contributed by atoms with Crippen LogP contribution in [0.25, 0.3) is 0 Å². The minimum Gasteiger partial charge on any atom is -0.371 e. The molecule has 0 amide bonds. The van der Waals surface area contributed by atoms with Crippen LogP contribution in [0.1, 0.15) is 32.1 Å². The van der Waals surface area contributed by atoms with Crippen LogP contribution in [0.4, 0.5) is 5.69 Å². The zero-order chi connectivity index (χ0) is 20.5. The number of allylic oxidation sites excluding steroid dienone is 1. The quantitative estimate of drug-likeness (QED) is 0.720. The Balaban J connectivity index is 1.57. The van der Waals surface area contributed by atoms with E-state index in [4.69, 9.17) is 0 Å². The summed E-state index contributed by atoms with van der Waals surface area (Å²) in [6, 6.07) is 15.1. The molecule has 0 saturated carbocycles. The smallest absolute Gasteiger partial charge is 0.169 e. The number of para-hydroxylation sites is 1. The fourth-order valence-electron chi connectivity index (χ4n) is 4.36. The van der Waals surface area contributed by atoms with Crippen molar-refractivity contribution >= 4 is 5.69 Å². The van der Waals surface area contributed by atoms with E-state index < -0.39 is 0 Å². The third kappa shape index (κ3) is 5.65. The Kier molecular flexibility index (Phi) is 7.78. The van der Waals surface area contributed by atoms with Gasteiger partial charge in [0.05, 0.1) is 0 Å².